The summed E-state index contributed by atoms with van der Waals surface area (Å²) in [6, 6.07) is 1.77. The molecule has 148 valence electrons. The van der Waals surface area contributed by atoms with E-state index < -0.39 is 10.0 Å². The third-order valence-corrected chi connectivity index (χ3v) is 6.35. The quantitative estimate of drug-likeness (QED) is 0.751. The summed E-state index contributed by atoms with van der Waals surface area (Å²) in [7, 11) is -0.219. The van der Waals surface area contributed by atoms with Crippen LogP contribution in [0.25, 0.3) is 0 Å². The smallest absolute Gasteiger partial charge is 0.262 e. The van der Waals surface area contributed by atoms with E-state index in [0.29, 0.717) is 37.9 Å². The minimum absolute atomic E-state index is 0.113. The molecule has 10 heteroatoms. The fraction of sp³-hybridized carbons (Fsp3) is 0.588. The Morgan fingerprint density at radius 1 is 1.11 bits per heavy atom. The number of sulfonamides is 1. The maximum Gasteiger partial charge on any atom is 0.262 e. The Kier molecular flexibility index (Phi) is 5.38. The molecule has 9 nitrogen and oxygen atoms in total. The molecule has 0 aromatic carbocycles. The van der Waals surface area contributed by atoms with E-state index in [1.54, 1.807) is 30.9 Å². The molecule has 3 heterocycles. The largest absolute Gasteiger partial charge is 0.481 e. The molecule has 0 saturated carbocycles. The van der Waals surface area contributed by atoms with Gasteiger partial charge in [0.2, 0.25) is 5.88 Å². The van der Waals surface area contributed by atoms with E-state index >= 15 is 0 Å². The van der Waals surface area contributed by atoms with Gasteiger partial charge in [-0.2, -0.15) is 9.29 Å². The standard InChI is InChI=1S/C17H26N6O3S/c1-12(2)17-20-16(11-21(17)4)27(24,25)23-8-6-22(7-9-23)14-10-15(26-5)19-13(3)18-14/h10-12H,6-9H2,1-5H3. The number of aryl methyl sites for hydroxylation is 2. The third kappa shape index (κ3) is 3.91. The molecule has 0 atom stereocenters. The number of aromatic nitrogens is 4. The van der Waals surface area contributed by atoms with Crippen molar-refractivity contribution in [2.45, 2.75) is 31.7 Å². The lowest BCUT2D eigenvalue weighted by Crippen LogP contribution is -2.49. The second-order valence-corrected chi connectivity index (χ2v) is 8.79. The summed E-state index contributed by atoms with van der Waals surface area (Å²) in [6.07, 6.45) is 1.59. The zero-order valence-electron chi connectivity index (χ0n) is 16.4. The van der Waals surface area contributed by atoms with Gasteiger partial charge in [0.1, 0.15) is 17.5 Å². The van der Waals surface area contributed by atoms with Crippen LogP contribution in [-0.4, -0.2) is 65.5 Å². The summed E-state index contributed by atoms with van der Waals surface area (Å²) >= 11 is 0. The molecule has 0 bridgehead atoms. The summed E-state index contributed by atoms with van der Waals surface area (Å²) in [5, 5.41) is 0.113. The van der Waals surface area contributed by atoms with Gasteiger partial charge >= 0.3 is 0 Å². The summed E-state index contributed by atoms with van der Waals surface area (Å²) < 4.78 is 34.4. The SMILES string of the molecule is COc1cc(N2CCN(S(=O)(=O)c3cn(C)c(C(C)C)n3)CC2)nc(C)n1. The maximum absolute atomic E-state index is 13.0. The molecule has 0 N–H and O–H groups in total. The lowest BCUT2D eigenvalue weighted by atomic mass is 10.2. The number of rotatable bonds is 5. The van der Waals surface area contributed by atoms with Crippen LogP contribution in [0.4, 0.5) is 5.82 Å². The van der Waals surface area contributed by atoms with Crippen molar-refractivity contribution in [3.63, 3.8) is 0 Å². The topological polar surface area (TPSA) is 93.5 Å². The Labute approximate surface area is 160 Å². The molecule has 0 unspecified atom stereocenters. The number of imidazole rings is 1. The van der Waals surface area contributed by atoms with Crippen LogP contribution in [0.15, 0.2) is 17.3 Å². The molecule has 0 aliphatic carbocycles. The van der Waals surface area contributed by atoms with E-state index in [-0.39, 0.29) is 10.9 Å². The van der Waals surface area contributed by atoms with Crippen molar-refractivity contribution in [3.05, 3.63) is 23.9 Å². The summed E-state index contributed by atoms with van der Waals surface area (Å²) in [5.74, 6) is 2.79. The molecule has 2 aromatic heterocycles. The van der Waals surface area contributed by atoms with Gasteiger partial charge in [0.25, 0.3) is 10.0 Å². The highest BCUT2D eigenvalue weighted by molar-refractivity contribution is 7.89. The van der Waals surface area contributed by atoms with Gasteiger partial charge in [0, 0.05) is 51.4 Å². The molecule has 1 fully saturated rings. The van der Waals surface area contributed by atoms with Crippen LogP contribution in [0.1, 0.15) is 31.4 Å². The lowest BCUT2D eigenvalue weighted by Gasteiger charge is -2.34. The van der Waals surface area contributed by atoms with Crippen molar-refractivity contribution >= 4 is 15.8 Å². The first-order valence-corrected chi connectivity index (χ1v) is 10.3. The van der Waals surface area contributed by atoms with E-state index in [4.69, 9.17) is 4.74 Å². The van der Waals surface area contributed by atoms with Crippen molar-refractivity contribution in [2.24, 2.45) is 7.05 Å². The maximum atomic E-state index is 13.0. The van der Waals surface area contributed by atoms with Gasteiger partial charge in [-0.1, -0.05) is 13.8 Å². The van der Waals surface area contributed by atoms with Crippen LogP contribution in [0, 0.1) is 6.92 Å². The first-order valence-electron chi connectivity index (χ1n) is 8.90. The first kappa shape index (κ1) is 19.6. The molecule has 1 aliphatic heterocycles. The molecule has 0 amide bonds. The van der Waals surface area contributed by atoms with Crippen molar-refractivity contribution in [3.8, 4) is 5.88 Å². The van der Waals surface area contributed by atoms with E-state index in [0.717, 1.165) is 11.6 Å². The average molecular weight is 395 g/mol. The van der Waals surface area contributed by atoms with Crippen molar-refractivity contribution in [1.29, 1.82) is 0 Å². The van der Waals surface area contributed by atoms with E-state index in [9.17, 15) is 8.42 Å². The lowest BCUT2D eigenvalue weighted by molar-refractivity contribution is 0.379. The summed E-state index contributed by atoms with van der Waals surface area (Å²) in [4.78, 5) is 15.0. The van der Waals surface area contributed by atoms with Crippen LogP contribution in [-0.2, 0) is 17.1 Å². The molecule has 0 radical (unpaired) electrons. The molecule has 3 rings (SSSR count). The van der Waals surface area contributed by atoms with Gasteiger partial charge in [-0.05, 0) is 6.92 Å². The fourth-order valence-electron chi connectivity index (χ4n) is 3.19. The Hall–Kier alpha value is -2.20. The van der Waals surface area contributed by atoms with Crippen LogP contribution < -0.4 is 9.64 Å². The highest BCUT2D eigenvalue weighted by atomic mass is 32.2. The minimum Gasteiger partial charge on any atom is -0.481 e. The number of hydrogen-bond acceptors (Lipinski definition) is 7. The van der Waals surface area contributed by atoms with E-state index in [1.165, 1.54) is 4.31 Å². The van der Waals surface area contributed by atoms with Gasteiger partial charge in [0.05, 0.1) is 7.11 Å². The number of ether oxygens (including phenoxy) is 1. The monoisotopic (exact) mass is 394 g/mol. The molecule has 1 saturated heterocycles. The molecule has 2 aromatic rings. The zero-order valence-corrected chi connectivity index (χ0v) is 17.2. The zero-order chi connectivity index (χ0) is 19.8. The van der Waals surface area contributed by atoms with E-state index in [2.05, 4.69) is 15.0 Å². The predicted octanol–water partition coefficient (Wildman–Crippen LogP) is 1.16. The van der Waals surface area contributed by atoms with E-state index in [1.807, 2.05) is 25.8 Å². The van der Waals surface area contributed by atoms with Crippen molar-refractivity contribution in [1.82, 2.24) is 23.8 Å². The Morgan fingerprint density at radius 2 is 1.78 bits per heavy atom. The van der Waals surface area contributed by atoms with Crippen LogP contribution in [0.5, 0.6) is 5.88 Å². The second-order valence-electron chi connectivity index (χ2n) is 6.91. The van der Waals surface area contributed by atoms with Crippen molar-refractivity contribution < 1.29 is 13.2 Å². The normalized spacial score (nSPS) is 16.1. The van der Waals surface area contributed by atoms with Crippen LogP contribution >= 0.6 is 0 Å². The van der Waals surface area contributed by atoms with Gasteiger partial charge in [-0.25, -0.2) is 18.4 Å². The predicted molar refractivity (Wildman–Crippen MR) is 102 cm³/mol. The number of anilines is 1. The minimum atomic E-state index is -3.61. The highest BCUT2D eigenvalue weighted by Crippen LogP contribution is 2.23. The Bertz CT molecular complexity index is 917. The first-order chi connectivity index (χ1) is 12.7. The molecular formula is C17H26N6O3S. The summed E-state index contributed by atoms with van der Waals surface area (Å²) in [5.41, 5.74) is 0. The number of piperazine rings is 1. The highest BCUT2D eigenvalue weighted by Gasteiger charge is 2.31. The number of hydrogen-bond donors (Lipinski definition) is 0. The number of methoxy groups -OCH3 is 1. The molecular weight excluding hydrogens is 368 g/mol. The van der Waals surface area contributed by atoms with Gasteiger partial charge in [-0.15, -0.1) is 0 Å². The Balaban J connectivity index is 1.75. The Morgan fingerprint density at radius 3 is 2.33 bits per heavy atom. The van der Waals surface area contributed by atoms with Crippen molar-refractivity contribution in [2.75, 3.05) is 38.2 Å². The van der Waals surface area contributed by atoms with Gasteiger partial charge < -0.3 is 14.2 Å². The van der Waals surface area contributed by atoms with Crippen LogP contribution in [0.3, 0.4) is 0 Å². The number of nitrogens with zero attached hydrogens (tertiary/aromatic N) is 6. The average Bonchev–Trinajstić information content (AvgIpc) is 3.04. The third-order valence-electron chi connectivity index (χ3n) is 4.58. The molecule has 0 spiro atoms. The fourth-order valence-corrected chi connectivity index (χ4v) is 4.60. The van der Waals surface area contributed by atoms with Crippen LogP contribution in [0.2, 0.25) is 0 Å². The second kappa shape index (κ2) is 7.43. The molecule has 1 aliphatic rings. The van der Waals surface area contributed by atoms with Gasteiger partial charge in [0.15, 0.2) is 5.03 Å². The molecule has 27 heavy (non-hydrogen) atoms. The summed E-state index contributed by atoms with van der Waals surface area (Å²) in [6.45, 7) is 7.64. The van der Waals surface area contributed by atoms with Gasteiger partial charge in [-0.3, -0.25) is 0 Å².